The summed E-state index contributed by atoms with van der Waals surface area (Å²) >= 11 is 0. The smallest absolute Gasteiger partial charge is 0.311 e. The maximum atomic E-state index is 12.3. The first-order chi connectivity index (χ1) is 13.1. The SMILES string of the molecule is C[Si](C)OCc1cc(C(C)(C)C)ccc1OC(=O)CCCN1C(=O)C=CC1=O. The lowest BCUT2D eigenvalue weighted by molar-refractivity contribution is -0.139. The molecule has 0 fully saturated rings. The van der Waals surface area contributed by atoms with Crippen LogP contribution in [0.2, 0.25) is 13.1 Å². The zero-order valence-electron chi connectivity index (χ0n) is 17.2. The lowest BCUT2D eigenvalue weighted by atomic mass is 9.86. The van der Waals surface area contributed by atoms with Crippen LogP contribution in [0.4, 0.5) is 0 Å². The van der Waals surface area contributed by atoms with Crippen molar-refractivity contribution in [3.05, 3.63) is 41.5 Å². The van der Waals surface area contributed by atoms with Crippen molar-refractivity contribution >= 4 is 26.8 Å². The van der Waals surface area contributed by atoms with E-state index in [0.717, 1.165) is 16.0 Å². The summed E-state index contributed by atoms with van der Waals surface area (Å²) in [6.45, 7) is 11.1. The van der Waals surface area contributed by atoms with Gasteiger partial charge in [0.15, 0.2) is 0 Å². The average molecular weight is 403 g/mol. The molecule has 1 heterocycles. The third-order valence-corrected chi connectivity index (χ3v) is 5.05. The van der Waals surface area contributed by atoms with E-state index in [-0.39, 0.29) is 30.2 Å². The first kappa shape index (κ1) is 22.0. The zero-order chi connectivity index (χ0) is 20.9. The second kappa shape index (κ2) is 9.30. The minimum Gasteiger partial charge on any atom is -0.426 e. The van der Waals surface area contributed by atoms with Gasteiger partial charge in [-0.05, 0) is 42.6 Å². The number of amides is 2. The van der Waals surface area contributed by atoms with E-state index in [4.69, 9.17) is 9.16 Å². The van der Waals surface area contributed by atoms with Gasteiger partial charge in [0.2, 0.25) is 9.04 Å². The van der Waals surface area contributed by atoms with Crippen LogP contribution in [0.1, 0.15) is 44.7 Å². The molecule has 0 aromatic heterocycles. The summed E-state index contributed by atoms with van der Waals surface area (Å²) in [7, 11) is -0.874. The lowest BCUT2D eigenvalue weighted by Gasteiger charge is -2.21. The predicted molar refractivity (Wildman–Crippen MR) is 108 cm³/mol. The molecular weight excluding hydrogens is 374 g/mol. The van der Waals surface area contributed by atoms with Crippen LogP contribution in [0.25, 0.3) is 0 Å². The molecule has 1 aromatic carbocycles. The minimum absolute atomic E-state index is 0.0215. The van der Waals surface area contributed by atoms with Crippen LogP contribution in [-0.2, 0) is 30.8 Å². The highest BCUT2D eigenvalue weighted by molar-refractivity contribution is 6.48. The Bertz CT molecular complexity index is 761. The monoisotopic (exact) mass is 402 g/mol. The molecule has 0 saturated carbocycles. The molecule has 0 saturated heterocycles. The van der Waals surface area contributed by atoms with E-state index in [2.05, 4.69) is 33.9 Å². The van der Waals surface area contributed by atoms with Crippen molar-refractivity contribution in [3.8, 4) is 5.75 Å². The van der Waals surface area contributed by atoms with E-state index in [1.807, 2.05) is 18.2 Å². The standard InChI is InChI=1S/C21H28NO5Si/c1-21(2,3)16-8-9-17(15(13-16)14-26-28(4)5)27-20(25)7-6-12-22-18(23)10-11-19(22)24/h8-11,13H,6-7,12,14H2,1-5H3. The number of hydrogen-bond donors (Lipinski definition) is 0. The molecule has 2 rings (SSSR count). The van der Waals surface area contributed by atoms with Gasteiger partial charge in [-0.1, -0.05) is 26.8 Å². The molecule has 0 N–H and O–H groups in total. The van der Waals surface area contributed by atoms with Crippen molar-refractivity contribution < 1.29 is 23.5 Å². The van der Waals surface area contributed by atoms with E-state index >= 15 is 0 Å². The van der Waals surface area contributed by atoms with E-state index in [1.54, 1.807) is 0 Å². The number of carbonyl (C=O) groups excluding carboxylic acids is 3. The molecule has 1 aliphatic rings. The normalized spacial score (nSPS) is 14.3. The van der Waals surface area contributed by atoms with Gasteiger partial charge in [0.25, 0.3) is 11.8 Å². The number of carbonyl (C=O) groups is 3. The highest BCUT2D eigenvalue weighted by Gasteiger charge is 2.23. The highest BCUT2D eigenvalue weighted by Crippen LogP contribution is 2.29. The molecule has 1 radical (unpaired) electrons. The van der Waals surface area contributed by atoms with Crippen LogP contribution in [0.3, 0.4) is 0 Å². The summed E-state index contributed by atoms with van der Waals surface area (Å²) in [5.41, 5.74) is 1.97. The molecule has 0 bridgehead atoms. The van der Waals surface area contributed by atoms with Crippen molar-refractivity contribution in [1.29, 1.82) is 0 Å². The quantitative estimate of drug-likeness (QED) is 0.288. The summed E-state index contributed by atoms with van der Waals surface area (Å²) in [5, 5.41) is 0. The fourth-order valence-electron chi connectivity index (χ4n) is 2.69. The van der Waals surface area contributed by atoms with E-state index in [9.17, 15) is 14.4 Å². The van der Waals surface area contributed by atoms with Gasteiger partial charge in [0, 0.05) is 30.7 Å². The van der Waals surface area contributed by atoms with Crippen LogP contribution in [-0.4, -0.2) is 38.3 Å². The van der Waals surface area contributed by atoms with Crippen molar-refractivity contribution in [1.82, 2.24) is 4.90 Å². The molecule has 0 aliphatic carbocycles. The molecular formula is C21H28NO5Si. The van der Waals surface area contributed by atoms with Gasteiger partial charge < -0.3 is 9.16 Å². The summed E-state index contributed by atoms with van der Waals surface area (Å²) in [5.74, 6) is -0.578. The average Bonchev–Trinajstić information content (AvgIpc) is 2.91. The highest BCUT2D eigenvalue weighted by atomic mass is 28.3. The molecule has 0 atom stereocenters. The maximum Gasteiger partial charge on any atom is 0.311 e. The van der Waals surface area contributed by atoms with Crippen LogP contribution >= 0.6 is 0 Å². The number of imide groups is 1. The van der Waals surface area contributed by atoms with Crippen molar-refractivity contribution in [2.75, 3.05) is 6.54 Å². The first-order valence-corrected chi connectivity index (χ1v) is 11.8. The maximum absolute atomic E-state index is 12.3. The number of esters is 1. The lowest BCUT2D eigenvalue weighted by Crippen LogP contribution is -2.31. The van der Waals surface area contributed by atoms with E-state index < -0.39 is 15.0 Å². The molecule has 7 heteroatoms. The molecule has 0 unspecified atom stereocenters. The first-order valence-electron chi connectivity index (χ1n) is 9.38. The van der Waals surface area contributed by atoms with Crippen molar-refractivity contribution in [2.24, 2.45) is 0 Å². The fourth-order valence-corrected chi connectivity index (χ4v) is 3.13. The predicted octanol–water partition coefficient (Wildman–Crippen LogP) is 3.36. The van der Waals surface area contributed by atoms with Gasteiger partial charge in [-0.2, -0.15) is 0 Å². The third kappa shape index (κ3) is 6.14. The zero-order valence-corrected chi connectivity index (χ0v) is 18.2. The summed E-state index contributed by atoms with van der Waals surface area (Å²) < 4.78 is 11.4. The largest absolute Gasteiger partial charge is 0.426 e. The molecule has 151 valence electrons. The van der Waals surface area contributed by atoms with Gasteiger partial charge in [0.05, 0.1) is 6.61 Å². The topological polar surface area (TPSA) is 72.9 Å². The number of hydrogen-bond acceptors (Lipinski definition) is 5. The number of nitrogens with zero attached hydrogens (tertiary/aromatic N) is 1. The van der Waals surface area contributed by atoms with E-state index in [1.165, 1.54) is 12.2 Å². The number of rotatable bonds is 8. The van der Waals surface area contributed by atoms with Gasteiger partial charge in [-0.15, -0.1) is 0 Å². The number of ether oxygens (including phenoxy) is 1. The van der Waals surface area contributed by atoms with Gasteiger partial charge in [0.1, 0.15) is 5.75 Å². The molecule has 1 aliphatic heterocycles. The molecule has 1 aromatic rings. The Balaban J connectivity index is 1.99. The second-order valence-corrected chi connectivity index (χ2v) is 10.1. The van der Waals surface area contributed by atoms with Gasteiger partial charge >= 0.3 is 5.97 Å². The Kier molecular flexibility index (Phi) is 7.32. The molecule has 0 spiro atoms. The van der Waals surface area contributed by atoms with Gasteiger partial charge in [-0.3, -0.25) is 19.3 Å². The second-order valence-electron chi connectivity index (χ2n) is 8.01. The number of benzene rings is 1. The van der Waals surface area contributed by atoms with Crippen LogP contribution < -0.4 is 4.74 Å². The third-order valence-electron chi connectivity index (χ3n) is 4.33. The Labute approximate surface area is 168 Å². The Morgan fingerprint density at radius 1 is 1.11 bits per heavy atom. The molecule has 6 nitrogen and oxygen atoms in total. The molecule has 28 heavy (non-hydrogen) atoms. The van der Waals surface area contributed by atoms with Crippen LogP contribution in [0.15, 0.2) is 30.4 Å². The summed E-state index contributed by atoms with van der Waals surface area (Å²) in [4.78, 5) is 36.4. The minimum atomic E-state index is -0.874. The Morgan fingerprint density at radius 2 is 1.75 bits per heavy atom. The van der Waals surface area contributed by atoms with Gasteiger partial charge in [-0.25, -0.2) is 0 Å². The summed E-state index contributed by atoms with van der Waals surface area (Å²) in [6, 6.07) is 5.80. The Morgan fingerprint density at radius 3 is 2.32 bits per heavy atom. The van der Waals surface area contributed by atoms with Crippen molar-refractivity contribution in [2.45, 2.75) is 58.7 Å². The fraction of sp³-hybridized carbons (Fsp3) is 0.476. The van der Waals surface area contributed by atoms with Crippen LogP contribution in [0.5, 0.6) is 5.75 Å². The summed E-state index contributed by atoms with van der Waals surface area (Å²) in [6.07, 6.45) is 2.96. The molecule has 2 amide bonds. The van der Waals surface area contributed by atoms with Crippen LogP contribution in [0, 0.1) is 0 Å². The Hall–Kier alpha value is -2.25. The van der Waals surface area contributed by atoms with Crippen molar-refractivity contribution in [3.63, 3.8) is 0 Å². The van der Waals surface area contributed by atoms with E-state index in [0.29, 0.717) is 18.8 Å².